The highest BCUT2D eigenvalue weighted by Gasteiger charge is 2.26. The molecular formula is C16H17ClN2O4S. The van der Waals surface area contributed by atoms with E-state index in [-0.39, 0.29) is 16.8 Å². The van der Waals surface area contributed by atoms with Crippen molar-refractivity contribution in [2.75, 3.05) is 7.11 Å². The first-order valence-corrected chi connectivity index (χ1v) is 8.06. The maximum Gasteiger partial charge on any atom is 0.263 e. The van der Waals surface area contributed by atoms with Crippen molar-refractivity contribution in [2.24, 2.45) is 0 Å². The molecule has 1 aromatic rings. The highest BCUT2D eigenvalue weighted by molar-refractivity contribution is 7.80. The smallest absolute Gasteiger partial charge is 0.263 e. The van der Waals surface area contributed by atoms with Crippen LogP contribution >= 0.6 is 23.8 Å². The van der Waals surface area contributed by atoms with Gasteiger partial charge in [0.25, 0.3) is 11.8 Å². The van der Waals surface area contributed by atoms with E-state index in [1.54, 1.807) is 12.1 Å². The normalized spacial score (nSPS) is 15.5. The van der Waals surface area contributed by atoms with Gasteiger partial charge in [0.15, 0.2) is 16.6 Å². The molecule has 2 rings (SSSR count). The summed E-state index contributed by atoms with van der Waals surface area (Å²) in [5.74, 6) is -0.297. The van der Waals surface area contributed by atoms with Crippen molar-refractivity contribution in [1.29, 1.82) is 0 Å². The molecule has 128 valence electrons. The van der Waals surface area contributed by atoms with Gasteiger partial charge in [-0.3, -0.25) is 20.2 Å². The number of halogens is 1. The molecule has 1 atom stereocenters. The average molecular weight is 369 g/mol. The molecule has 0 radical (unpaired) electrons. The van der Waals surface area contributed by atoms with E-state index >= 15 is 0 Å². The number of benzene rings is 1. The van der Waals surface area contributed by atoms with E-state index in [1.165, 1.54) is 13.2 Å². The van der Waals surface area contributed by atoms with E-state index in [4.69, 9.17) is 33.3 Å². The number of hydrogen-bond acceptors (Lipinski definition) is 5. The fraction of sp³-hybridized carbons (Fsp3) is 0.312. The van der Waals surface area contributed by atoms with Crippen molar-refractivity contribution in [3.8, 4) is 11.5 Å². The molecule has 8 heteroatoms. The first-order valence-electron chi connectivity index (χ1n) is 7.28. The predicted octanol–water partition coefficient (Wildman–Crippen LogP) is 2.44. The molecule has 0 aromatic heterocycles. The molecule has 0 bridgehead atoms. The third-order valence-corrected chi connectivity index (χ3v) is 3.88. The van der Waals surface area contributed by atoms with Crippen LogP contribution in [0.25, 0.3) is 6.08 Å². The Balaban J connectivity index is 2.40. The SMILES string of the molecule is CCC(C)Oc1c(Cl)cc(C=C2C(=O)NC(=S)NC2=O)cc1OC. The number of ether oxygens (including phenoxy) is 2. The molecule has 0 saturated carbocycles. The second-order valence-corrected chi connectivity index (χ2v) is 5.98. The molecule has 0 spiro atoms. The number of methoxy groups -OCH3 is 1. The van der Waals surface area contributed by atoms with Crippen LogP contribution in [0.2, 0.25) is 5.02 Å². The lowest BCUT2D eigenvalue weighted by Crippen LogP contribution is -2.51. The van der Waals surface area contributed by atoms with Crippen LogP contribution in [0.1, 0.15) is 25.8 Å². The van der Waals surface area contributed by atoms with Crippen LogP contribution in [-0.2, 0) is 9.59 Å². The van der Waals surface area contributed by atoms with E-state index in [2.05, 4.69) is 10.6 Å². The summed E-state index contributed by atoms with van der Waals surface area (Å²) in [6.45, 7) is 3.92. The van der Waals surface area contributed by atoms with Crippen LogP contribution in [0.5, 0.6) is 11.5 Å². The molecule has 0 aliphatic carbocycles. The van der Waals surface area contributed by atoms with Crippen molar-refractivity contribution in [1.82, 2.24) is 10.6 Å². The minimum atomic E-state index is -0.571. The van der Waals surface area contributed by atoms with Crippen LogP contribution in [0.3, 0.4) is 0 Å². The average Bonchev–Trinajstić information content (AvgIpc) is 2.52. The van der Waals surface area contributed by atoms with Gasteiger partial charge in [0.2, 0.25) is 0 Å². The van der Waals surface area contributed by atoms with Gasteiger partial charge >= 0.3 is 0 Å². The number of hydrogen-bond donors (Lipinski definition) is 2. The molecule has 1 saturated heterocycles. The summed E-state index contributed by atoms with van der Waals surface area (Å²) in [5, 5.41) is 5.05. The minimum absolute atomic E-state index is 0.0185. The highest BCUT2D eigenvalue weighted by atomic mass is 35.5. The van der Waals surface area contributed by atoms with Crippen molar-refractivity contribution >= 4 is 46.8 Å². The summed E-state index contributed by atoms with van der Waals surface area (Å²) in [4.78, 5) is 23.8. The standard InChI is InChI=1S/C16H17ClN2O4S/c1-4-8(2)23-13-11(17)6-9(7-12(13)22-3)5-10-14(20)18-16(24)19-15(10)21/h5-8H,4H2,1-3H3,(H2,18,19,20,21,24). The number of carbonyl (C=O) groups excluding carboxylic acids is 2. The Bertz CT molecular complexity index is 711. The third kappa shape index (κ3) is 4.04. The Morgan fingerprint density at radius 3 is 2.46 bits per heavy atom. The topological polar surface area (TPSA) is 76.7 Å². The van der Waals surface area contributed by atoms with Crippen molar-refractivity contribution in [2.45, 2.75) is 26.4 Å². The van der Waals surface area contributed by atoms with E-state index < -0.39 is 11.8 Å². The Kier molecular flexibility index (Phi) is 5.80. The zero-order valence-corrected chi connectivity index (χ0v) is 15.0. The van der Waals surface area contributed by atoms with Crippen LogP contribution < -0.4 is 20.1 Å². The number of thiocarbonyl (C=S) groups is 1. The molecule has 24 heavy (non-hydrogen) atoms. The minimum Gasteiger partial charge on any atom is -0.493 e. The fourth-order valence-corrected chi connectivity index (χ4v) is 2.44. The number of carbonyl (C=O) groups is 2. The molecular weight excluding hydrogens is 352 g/mol. The summed E-state index contributed by atoms with van der Waals surface area (Å²) in [6, 6.07) is 3.24. The monoisotopic (exact) mass is 368 g/mol. The van der Waals surface area contributed by atoms with Crippen LogP contribution in [0, 0.1) is 0 Å². The molecule has 2 amide bonds. The summed E-state index contributed by atoms with van der Waals surface area (Å²) in [6.07, 6.45) is 2.19. The van der Waals surface area contributed by atoms with E-state index in [0.717, 1.165) is 6.42 Å². The largest absolute Gasteiger partial charge is 0.493 e. The Morgan fingerprint density at radius 2 is 1.92 bits per heavy atom. The summed E-state index contributed by atoms with van der Waals surface area (Å²) >= 11 is 11.0. The molecule has 1 heterocycles. The van der Waals surface area contributed by atoms with E-state index in [9.17, 15) is 9.59 Å². The number of nitrogens with one attached hydrogen (secondary N) is 2. The second kappa shape index (κ2) is 7.63. The van der Waals surface area contributed by atoms with Crippen LogP contribution in [0.15, 0.2) is 17.7 Å². The summed E-state index contributed by atoms with van der Waals surface area (Å²) in [7, 11) is 1.49. The van der Waals surface area contributed by atoms with Crippen molar-refractivity contribution < 1.29 is 19.1 Å². The predicted molar refractivity (Wildman–Crippen MR) is 95.2 cm³/mol. The molecule has 2 N–H and O–H groups in total. The quantitative estimate of drug-likeness (QED) is 0.474. The number of rotatable bonds is 5. The fourth-order valence-electron chi connectivity index (χ4n) is 2.00. The zero-order chi connectivity index (χ0) is 17.9. The van der Waals surface area contributed by atoms with Crippen molar-refractivity contribution in [3.63, 3.8) is 0 Å². The lowest BCUT2D eigenvalue weighted by atomic mass is 10.1. The van der Waals surface area contributed by atoms with E-state index in [0.29, 0.717) is 22.1 Å². The zero-order valence-electron chi connectivity index (χ0n) is 13.4. The molecule has 6 nitrogen and oxygen atoms in total. The maximum atomic E-state index is 11.9. The van der Waals surface area contributed by atoms with Crippen LogP contribution in [-0.4, -0.2) is 30.1 Å². The van der Waals surface area contributed by atoms with Gasteiger partial charge in [0, 0.05) is 0 Å². The Hall–Kier alpha value is -2.12. The van der Waals surface area contributed by atoms with Crippen LogP contribution in [0.4, 0.5) is 0 Å². The number of amides is 2. The van der Waals surface area contributed by atoms with Gasteiger partial charge in [-0.05, 0) is 49.3 Å². The van der Waals surface area contributed by atoms with Gasteiger partial charge < -0.3 is 9.47 Å². The summed E-state index contributed by atoms with van der Waals surface area (Å²) < 4.78 is 11.1. The third-order valence-electron chi connectivity index (χ3n) is 3.40. The molecule has 1 aliphatic heterocycles. The van der Waals surface area contributed by atoms with Gasteiger partial charge in [-0.1, -0.05) is 18.5 Å². The summed E-state index contributed by atoms with van der Waals surface area (Å²) in [5.41, 5.74) is 0.457. The van der Waals surface area contributed by atoms with Gasteiger partial charge in [0.1, 0.15) is 5.57 Å². The Morgan fingerprint density at radius 1 is 1.29 bits per heavy atom. The van der Waals surface area contributed by atoms with Gasteiger partial charge in [0.05, 0.1) is 18.2 Å². The molecule has 1 unspecified atom stereocenters. The first-order chi connectivity index (χ1) is 11.3. The molecule has 1 aliphatic rings. The second-order valence-electron chi connectivity index (χ2n) is 5.17. The molecule has 1 fully saturated rings. The highest BCUT2D eigenvalue weighted by Crippen LogP contribution is 2.38. The Labute approximate surface area is 150 Å². The van der Waals surface area contributed by atoms with Gasteiger partial charge in [-0.25, -0.2) is 0 Å². The van der Waals surface area contributed by atoms with Gasteiger partial charge in [-0.15, -0.1) is 0 Å². The maximum absolute atomic E-state index is 11.9. The lowest BCUT2D eigenvalue weighted by molar-refractivity contribution is -0.123. The lowest BCUT2D eigenvalue weighted by Gasteiger charge is -2.18. The van der Waals surface area contributed by atoms with Gasteiger partial charge in [-0.2, -0.15) is 0 Å². The molecule has 1 aromatic carbocycles. The van der Waals surface area contributed by atoms with E-state index in [1.807, 2.05) is 13.8 Å². The van der Waals surface area contributed by atoms with Crippen molar-refractivity contribution in [3.05, 3.63) is 28.3 Å². The first kappa shape index (κ1) is 18.2.